The number of nitrogens with zero attached hydrogens (tertiary/aromatic N) is 1. The summed E-state index contributed by atoms with van der Waals surface area (Å²) in [7, 11) is 0. The molecule has 1 heterocycles. The van der Waals surface area contributed by atoms with E-state index in [4.69, 9.17) is 9.84 Å². The number of rotatable bonds is 5. The Kier molecular flexibility index (Phi) is 4.28. The summed E-state index contributed by atoms with van der Waals surface area (Å²) in [5, 5.41) is 8.85. The number of hydrogen-bond acceptors (Lipinski definition) is 3. The maximum Gasteiger partial charge on any atom is 0.304 e. The fourth-order valence-corrected chi connectivity index (χ4v) is 3.29. The average Bonchev–Trinajstić information content (AvgIpc) is 2.27. The van der Waals surface area contributed by atoms with Gasteiger partial charge in [-0.05, 0) is 46.0 Å². The van der Waals surface area contributed by atoms with Gasteiger partial charge in [0.05, 0.1) is 12.0 Å². The van der Waals surface area contributed by atoms with Gasteiger partial charge < -0.3 is 9.84 Å². The maximum absolute atomic E-state index is 10.8. The van der Waals surface area contributed by atoms with E-state index in [2.05, 4.69) is 18.7 Å². The third-order valence-corrected chi connectivity index (χ3v) is 4.45. The van der Waals surface area contributed by atoms with E-state index in [1.54, 1.807) is 0 Å². The van der Waals surface area contributed by atoms with Gasteiger partial charge in [-0.3, -0.25) is 9.69 Å². The van der Waals surface area contributed by atoms with Gasteiger partial charge in [-0.1, -0.05) is 0 Å². The number of carboxylic acids is 1. The molecular formula is C14H25NO3. The number of hydrogen-bond donors (Lipinski definition) is 1. The van der Waals surface area contributed by atoms with Crippen molar-refractivity contribution in [2.45, 2.75) is 70.1 Å². The van der Waals surface area contributed by atoms with E-state index in [0.717, 1.165) is 19.4 Å². The summed E-state index contributed by atoms with van der Waals surface area (Å²) in [6, 6.07) is 0.906. The van der Waals surface area contributed by atoms with Crippen LogP contribution in [-0.2, 0) is 9.53 Å². The van der Waals surface area contributed by atoms with Crippen LogP contribution in [0.2, 0.25) is 0 Å². The first kappa shape index (κ1) is 13.8. The van der Waals surface area contributed by atoms with E-state index in [0.29, 0.717) is 18.6 Å². The Morgan fingerprint density at radius 2 is 2.22 bits per heavy atom. The monoisotopic (exact) mass is 255 g/mol. The van der Waals surface area contributed by atoms with E-state index >= 15 is 0 Å². The van der Waals surface area contributed by atoms with Crippen LogP contribution in [0.3, 0.4) is 0 Å². The van der Waals surface area contributed by atoms with Gasteiger partial charge in [-0.15, -0.1) is 0 Å². The highest BCUT2D eigenvalue weighted by molar-refractivity contribution is 5.66. The van der Waals surface area contributed by atoms with Crippen LogP contribution < -0.4 is 0 Å². The van der Waals surface area contributed by atoms with Gasteiger partial charge in [-0.25, -0.2) is 0 Å². The zero-order valence-corrected chi connectivity index (χ0v) is 11.5. The van der Waals surface area contributed by atoms with E-state index in [1.807, 2.05) is 0 Å². The van der Waals surface area contributed by atoms with Gasteiger partial charge in [0, 0.05) is 25.2 Å². The molecule has 0 aromatic rings. The van der Waals surface area contributed by atoms with Crippen molar-refractivity contribution in [3.8, 4) is 0 Å². The smallest absolute Gasteiger partial charge is 0.304 e. The maximum atomic E-state index is 10.8. The van der Waals surface area contributed by atoms with Crippen LogP contribution in [0.25, 0.3) is 0 Å². The normalized spacial score (nSPS) is 26.6. The molecule has 1 saturated carbocycles. The van der Waals surface area contributed by atoms with Crippen LogP contribution in [0.5, 0.6) is 0 Å². The lowest BCUT2D eigenvalue weighted by Gasteiger charge is -2.50. The molecule has 0 amide bonds. The molecule has 1 spiro atoms. The van der Waals surface area contributed by atoms with Gasteiger partial charge in [0.1, 0.15) is 0 Å². The first-order chi connectivity index (χ1) is 8.52. The molecule has 4 nitrogen and oxygen atoms in total. The predicted molar refractivity (Wildman–Crippen MR) is 69.7 cm³/mol. The van der Waals surface area contributed by atoms with Crippen molar-refractivity contribution in [3.63, 3.8) is 0 Å². The van der Waals surface area contributed by atoms with Crippen LogP contribution in [0.15, 0.2) is 0 Å². The second kappa shape index (κ2) is 5.57. The highest BCUT2D eigenvalue weighted by atomic mass is 16.5. The number of carbonyl (C=O) groups is 1. The number of aliphatic carboxylic acids is 1. The summed E-state index contributed by atoms with van der Waals surface area (Å²) < 4.78 is 5.94. The molecule has 1 saturated heterocycles. The van der Waals surface area contributed by atoms with Crippen molar-refractivity contribution in [1.82, 2.24) is 4.90 Å². The van der Waals surface area contributed by atoms with Gasteiger partial charge in [0.25, 0.3) is 0 Å². The van der Waals surface area contributed by atoms with Crippen LogP contribution in [-0.4, -0.2) is 46.8 Å². The van der Waals surface area contributed by atoms with Crippen LogP contribution in [0, 0.1) is 0 Å². The van der Waals surface area contributed by atoms with E-state index in [1.165, 1.54) is 19.3 Å². The van der Waals surface area contributed by atoms with Gasteiger partial charge in [0.15, 0.2) is 0 Å². The van der Waals surface area contributed by atoms with Crippen LogP contribution in [0.1, 0.15) is 52.4 Å². The topological polar surface area (TPSA) is 49.8 Å². The quantitative estimate of drug-likeness (QED) is 0.818. The minimum Gasteiger partial charge on any atom is -0.481 e. The van der Waals surface area contributed by atoms with Crippen molar-refractivity contribution in [2.75, 3.05) is 13.2 Å². The van der Waals surface area contributed by atoms with E-state index < -0.39 is 5.97 Å². The predicted octanol–water partition coefficient (Wildman–Crippen LogP) is 2.27. The molecule has 0 radical (unpaired) electrons. The van der Waals surface area contributed by atoms with Gasteiger partial charge >= 0.3 is 5.97 Å². The summed E-state index contributed by atoms with van der Waals surface area (Å²) in [5.41, 5.74) is 0.138. The third-order valence-electron chi connectivity index (χ3n) is 4.45. The molecule has 1 atom stereocenters. The highest BCUT2D eigenvalue weighted by Gasteiger charge is 2.44. The van der Waals surface area contributed by atoms with Crippen molar-refractivity contribution in [1.29, 1.82) is 0 Å². The lowest BCUT2D eigenvalue weighted by molar-refractivity contribution is -0.152. The van der Waals surface area contributed by atoms with E-state index in [9.17, 15) is 4.79 Å². The molecule has 1 N–H and O–H groups in total. The SMILES string of the molecule is CC(C)N(CCC(=O)O)C1CCOC2(CCC2)C1. The van der Waals surface area contributed by atoms with Gasteiger partial charge in [0.2, 0.25) is 0 Å². The molecule has 2 aliphatic rings. The Bertz CT molecular complexity index is 299. The molecule has 18 heavy (non-hydrogen) atoms. The Morgan fingerprint density at radius 1 is 1.50 bits per heavy atom. The molecule has 0 bridgehead atoms. The van der Waals surface area contributed by atoms with Crippen molar-refractivity contribution >= 4 is 5.97 Å². The summed E-state index contributed by atoms with van der Waals surface area (Å²) in [6.07, 6.45) is 6.03. The van der Waals surface area contributed by atoms with Crippen molar-refractivity contribution < 1.29 is 14.6 Å². The minimum atomic E-state index is -0.703. The highest BCUT2D eigenvalue weighted by Crippen LogP contribution is 2.43. The lowest BCUT2D eigenvalue weighted by Crippen LogP contribution is -2.53. The van der Waals surface area contributed by atoms with Crippen molar-refractivity contribution in [3.05, 3.63) is 0 Å². The Labute approximate surface area is 109 Å². The van der Waals surface area contributed by atoms with Crippen LogP contribution in [0.4, 0.5) is 0 Å². The third kappa shape index (κ3) is 3.04. The fourth-order valence-electron chi connectivity index (χ4n) is 3.29. The molecule has 1 unspecified atom stereocenters. The first-order valence-corrected chi connectivity index (χ1v) is 7.14. The molecule has 1 aliphatic heterocycles. The molecule has 0 aromatic heterocycles. The van der Waals surface area contributed by atoms with E-state index in [-0.39, 0.29) is 12.0 Å². The number of carboxylic acid groups (broad SMARTS) is 1. The molecule has 104 valence electrons. The zero-order chi connectivity index (χ0) is 13.2. The summed E-state index contributed by atoms with van der Waals surface area (Å²) in [5.74, 6) is -0.703. The lowest BCUT2D eigenvalue weighted by atomic mass is 9.73. The average molecular weight is 255 g/mol. The Morgan fingerprint density at radius 3 is 2.72 bits per heavy atom. The second-order valence-electron chi connectivity index (χ2n) is 6.01. The van der Waals surface area contributed by atoms with Gasteiger partial charge in [-0.2, -0.15) is 0 Å². The zero-order valence-electron chi connectivity index (χ0n) is 11.5. The first-order valence-electron chi connectivity index (χ1n) is 7.14. The summed E-state index contributed by atoms with van der Waals surface area (Å²) >= 11 is 0. The second-order valence-corrected chi connectivity index (χ2v) is 6.01. The minimum absolute atomic E-state index is 0.138. The Balaban J connectivity index is 1.94. The van der Waals surface area contributed by atoms with Crippen LogP contribution >= 0.6 is 0 Å². The standard InChI is InChI=1S/C14H25NO3/c1-11(2)15(8-4-13(16)17)12-5-9-18-14(10-12)6-3-7-14/h11-12H,3-10H2,1-2H3,(H,16,17). The summed E-state index contributed by atoms with van der Waals surface area (Å²) in [6.45, 7) is 5.81. The molecule has 1 aliphatic carbocycles. The molecule has 0 aromatic carbocycles. The molecule has 2 fully saturated rings. The summed E-state index contributed by atoms with van der Waals surface area (Å²) in [4.78, 5) is 13.1. The molecule has 2 rings (SSSR count). The molecular weight excluding hydrogens is 230 g/mol. The molecule has 4 heteroatoms. The Hall–Kier alpha value is -0.610. The number of ether oxygens (including phenoxy) is 1. The largest absolute Gasteiger partial charge is 0.481 e. The fraction of sp³-hybridized carbons (Fsp3) is 0.929. The van der Waals surface area contributed by atoms with Crippen molar-refractivity contribution in [2.24, 2.45) is 0 Å².